The van der Waals surface area contributed by atoms with Crippen LogP contribution in [0, 0.1) is 5.92 Å². The first kappa shape index (κ1) is 15.1. The maximum atomic E-state index is 11.8. The first-order chi connectivity index (χ1) is 8.90. The van der Waals surface area contributed by atoms with Crippen LogP contribution in [-0.4, -0.2) is 29.4 Å². The average Bonchev–Trinajstić information content (AvgIpc) is 2.35. The van der Waals surface area contributed by atoms with Crippen molar-refractivity contribution in [1.82, 2.24) is 15.6 Å². The minimum Gasteiger partial charge on any atom is -0.350 e. The number of rotatable bonds is 5. The molecule has 0 saturated heterocycles. The van der Waals surface area contributed by atoms with Crippen molar-refractivity contribution in [3.8, 4) is 0 Å². The fraction of sp³-hybridized carbons (Fsp3) is 0.500. The summed E-state index contributed by atoms with van der Waals surface area (Å²) in [7, 11) is 0. The van der Waals surface area contributed by atoms with Crippen molar-refractivity contribution in [3.63, 3.8) is 0 Å². The van der Waals surface area contributed by atoms with E-state index in [0.717, 1.165) is 0 Å². The van der Waals surface area contributed by atoms with Gasteiger partial charge in [-0.2, -0.15) is 0 Å². The molecule has 1 aromatic rings. The SMILES string of the molecule is CC(C)CNC(=O)c1cccc(C(=O)NC(C)C)n1. The van der Waals surface area contributed by atoms with Gasteiger partial charge in [0.15, 0.2) is 0 Å². The lowest BCUT2D eigenvalue weighted by molar-refractivity contribution is 0.0936. The zero-order chi connectivity index (χ0) is 14.4. The molecular weight excluding hydrogens is 242 g/mol. The van der Waals surface area contributed by atoms with Gasteiger partial charge in [-0.05, 0) is 31.9 Å². The highest BCUT2D eigenvalue weighted by Gasteiger charge is 2.12. The van der Waals surface area contributed by atoms with Crippen LogP contribution in [0.25, 0.3) is 0 Å². The van der Waals surface area contributed by atoms with Gasteiger partial charge in [0.05, 0.1) is 0 Å². The van der Waals surface area contributed by atoms with Crippen LogP contribution >= 0.6 is 0 Å². The van der Waals surface area contributed by atoms with Crippen LogP contribution < -0.4 is 10.6 Å². The van der Waals surface area contributed by atoms with Crippen LogP contribution in [0.15, 0.2) is 18.2 Å². The van der Waals surface area contributed by atoms with E-state index in [-0.39, 0.29) is 29.2 Å². The fourth-order valence-electron chi connectivity index (χ4n) is 1.41. The van der Waals surface area contributed by atoms with Crippen LogP contribution in [0.1, 0.15) is 48.7 Å². The minimum absolute atomic E-state index is 0.0349. The quantitative estimate of drug-likeness (QED) is 0.847. The van der Waals surface area contributed by atoms with Gasteiger partial charge in [0.25, 0.3) is 11.8 Å². The molecule has 0 radical (unpaired) electrons. The molecule has 0 atom stereocenters. The third-order valence-corrected chi connectivity index (χ3v) is 2.31. The number of hydrogen-bond acceptors (Lipinski definition) is 3. The van der Waals surface area contributed by atoms with Crippen molar-refractivity contribution in [3.05, 3.63) is 29.6 Å². The molecule has 19 heavy (non-hydrogen) atoms. The molecule has 5 nitrogen and oxygen atoms in total. The summed E-state index contributed by atoms with van der Waals surface area (Å²) in [5, 5.41) is 5.51. The molecule has 0 bridgehead atoms. The molecule has 0 spiro atoms. The van der Waals surface area contributed by atoms with E-state index in [4.69, 9.17) is 0 Å². The lowest BCUT2D eigenvalue weighted by Gasteiger charge is -2.09. The predicted molar refractivity (Wildman–Crippen MR) is 74.0 cm³/mol. The molecule has 1 heterocycles. The molecule has 0 fully saturated rings. The standard InChI is InChI=1S/C14H21N3O2/c1-9(2)8-15-13(18)11-6-5-7-12(17-11)14(19)16-10(3)4/h5-7,9-10H,8H2,1-4H3,(H,15,18)(H,16,19). The van der Waals surface area contributed by atoms with Crippen molar-refractivity contribution in [2.24, 2.45) is 5.92 Å². The Morgan fingerprint density at radius 2 is 1.68 bits per heavy atom. The van der Waals surface area contributed by atoms with Gasteiger partial charge in [-0.1, -0.05) is 19.9 Å². The van der Waals surface area contributed by atoms with Crippen molar-refractivity contribution in [2.45, 2.75) is 33.7 Å². The second kappa shape index (κ2) is 6.87. The van der Waals surface area contributed by atoms with Gasteiger partial charge in [-0.25, -0.2) is 4.98 Å². The number of nitrogens with zero attached hydrogens (tertiary/aromatic N) is 1. The number of aromatic nitrogens is 1. The summed E-state index contributed by atoms with van der Waals surface area (Å²) in [6.45, 7) is 8.36. The Hall–Kier alpha value is -1.91. The number of amides is 2. The van der Waals surface area contributed by atoms with Crippen LogP contribution in [0.5, 0.6) is 0 Å². The molecule has 0 saturated carbocycles. The first-order valence-corrected chi connectivity index (χ1v) is 6.46. The Morgan fingerprint density at radius 3 is 2.21 bits per heavy atom. The zero-order valence-electron chi connectivity index (χ0n) is 11.9. The van der Waals surface area contributed by atoms with E-state index in [1.54, 1.807) is 18.2 Å². The van der Waals surface area contributed by atoms with E-state index in [0.29, 0.717) is 12.5 Å². The second-order valence-electron chi connectivity index (χ2n) is 5.14. The number of carbonyl (C=O) groups excluding carboxylic acids is 2. The zero-order valence-corrected chi connectivity index (χ0v) is 11.9. The van der Waals surface area contributed by atoms with Crippen molar-refractivity contribution in [1.29, 1.82) is 0 Å². The maximum absolute atomic E-state index is 11.8. The summed E-state index contributed by atoms with van der Waals surface area (Å²) in [5.41, 5.74) is 0.517. The third-order valence-electron chi connectivity index (χ3n) is 2.31. The Labute approximate surface area is 113 Å². The molecule has 0 aliphatic carbocycles. The second-order valence-corrected chi connectivity index (χ2v) is 5.14. The van der Waals surface area contributed by atoms with Crippen LogP contribution in [0.2, 0.25) is 0 Å². The molecule has 104 valence electrons. The van der Waals surface area contributed by atoms with Crippen LogP contribution in [0.3, 0.4) is 0 Å². The number of hydrogen-bond donors (Lipinski definition) is 2. The number of nitrogens with one attached hydrogen (secondary N) is 2. The van der Waals surface area contributed by atoms with Crippen molar-refractivity contribution in [2.75, 3.05) is 6.54 Å². The molecule has 0 aromatic carbocycles. The highest BCUT2D eigenvalue weighted by atomic mass is 16.2. The predicted octanol–water partition coefficient (Wildman–Crippen LogP) is 1.61. The van der Waals surface area contributed by atoms with Crippen molar-refractivity contribution >= 4 is 11.8 Å². The topological polar surface area (TPSA) is 71.1 Å². The summed E-state index contributed by atoms with van der Waals surface area (Å²) in [5.74, 6) is -0.155. The lowest BCUT2D eigenvalue weighted by Crippen LogP contribution is -2.32. The molecule has 1 aromatic heterocycles. The molecule has 0 aliphatic rings. The van der Waals surface area contributed by atoms with Crippen LogP contribution in [0.4, 0.5) is 0 Å². The highest BCUT2D eigenvalue weighted by Crippen LogP contribution is 2.01. The molecule has 2 N–H and O–H groups in total. The van der Waals surface area contributed by atoms with Gasteiger partial charge in [-0.15, -0.1) is 0 Å². The summed E-state index contributed by atoms with van der Waals surface area (Å²) >= 11 is 0. The van der Waals surface area contributed by atoms with E-state index < -0.39 is 0 Å². The summed E-state index contributed by atoms with van der Waals surface area (Å²) in [6.07, 6.45) is 0. The van der Waals surface area contributed by atoms with E-state index in [1.165, 1.54) is 0 Å². The van der Waals surface area contributed by atoms with E-state index in [9.17, 15) is 9.59 Å². The number of carbonyl (C=O) groups is 2. The Balaban J connectivity index is 2.76. The lowest BCUT2D eigenvalue weighted by atomic mass is 10.2. The molecule has 1 rings (SSSR count). The minimum atomic E-state index is -0.270. The first-order valence-electron chi connectivity index (χ1n) is 6.46. The largest absolute Gasteiger partial charge is 0.350 e. The van der Waals surface area contributed by atoms with Gasteiger partial charge in [-0.3, -0.25) is 9.59 Å². The number of pyridine rings is 1. The van der Waals surface area contributed by atoms with Gasteiger partial charge < -0.3 is 10.6 Å². The Bertz CT molecular complexity index is 456. The molecule has 0 unspecified atom stereocenters. The Morgan fingerprint density at radius 1 is 1.11 bits per heavy atom. The molecule has 0 aliphatic heterocycles. The van der Waals surface area contributed by atoms with Gasteiger partial charge in [0.2, 0.25) is 0 Å². The van der Waals surface area contributed by atoms with Gasteiger partial charge >= 0.3 is 0 Å². The Kier molecular flexibility index (Phi) is 5.48. The van der Waals surface area contributed by atoms with Gasteiger partial charge in [0.1, 0.15) is 11.4 Å². The smallest absolute Gasteiger partial charge is 0.270 e. The third kappa shape index (κ3) is 5.07. The van der Waals surface area contributed by atoms with Gasteiger partial charge in [0, 0.05) is 12.6 Å². The average molecular weight is 263 g/mol. The molecular formula is C14H21N3O2. The maximum Gasteiger partial charge on any atom is 0.270 e. The highest BCUT2D eigenvalue weighted by molar-refractivity contribution is 5.96. The summed E-state index contributed by atoms with van der Waals surface area (Å²) in [6, 6.07) is 4.89. The monoisotopic (exact) mass is 263 g/mol. The van der Waals surface area contributed by atoms with Crippen LogP contribution in [-0.2, 0) is 0 Å². The van der Waals surface area contributed by atoms with E-state index in [2.05, 4.69) is 15.6 Å². The normalized spacial score (nSPS) is 10.6. The fourth-order valence-corrected chi connectivity index (χ4v) is 1.41. The molecule has 5 heteroatoms. The molecule has 2 amide bonds. The summed E-state index contributed by atoms with van der Waals surface area (Å²) < 4.78 is 0. The van der Waals surface area contributed by atoms with E-state index in [1.807, 2.05) is 27.7 Å². The van der Waals surface area contributed by atoms with Crippen molar-refractivity contribution < 1.29 is 9.59 Å². The summed E-state index contributed by atoms with van der Waals surface area (Å²) in [4.78, 5) is 27.7. The van der Waals surface area contributed by atoms with E-state index >= 15 is 0 Å².